The highest BCUT2D eigenvalue weighted by molar-refractivity contribution is 6.30. The van der Waals surface area contributed by atoms with Crippen molar-refractivity contribution < 1.29 is 23.1 Å². The number of aliphatic carboxylic acids is 1. The maximum atomic E-state index is 12.6. The van der Waals surface area contributed by atoms with Crippen molar-refractivity contribution in [3.05, 3.63) is 81.6 Å². The second-order valence-corrected chi connectivity index (χ2v) is 8.96. The van der Waals surface area contributed by atoms with Crippen molar-refractivity contribution >= 4 is 23.6 Å². The van der Waals surface area contributed by atoms with Crippen molar-refractivity contribution in [1.82, 2.24) is 15.0 Å². The highest BCUT2D eigenvalue weighted by atomic mass is 35.5. The van der Waals surface area contributed by atoms with Gasteiger partial charge in [-0.1, -0.05) is 48.4 Å². The van der Waals surface area contributed by atoms with Gasteiger partial charge in [0.2, 0.25) is 0 Å². The minimum Gasteiger partial charge on any atom is -0.481 e. The quantitative estimate of drug-likeness (QED) is 0.396. The summed E-state index contributed by atoms with van der Waals surface area (Å²) in [6.07, 6.45) is 1.96. The summed E-state index contributed by atoms with van der Waals surface area (Å²) in [5, 5.41) is 18.7. The third-order valence-electron chi connectivity index (χ3n) is 5.99. The first-order chi connectivity index (χ1) is 16.5. The van der Waals surface area contributed by atoms with Gasteiger partial charge >= 0.3 is 12.1 Å². The molecule has 2 aromatic carbocycles. The smallest absolute Gasteiger partial charge is 0.416 e. The SMILES string of the molecule is C/C=C\c1nn(-c2cc(Cl)ccc2C)nc1C.O=C(O)C(c1cccc(C(F)(F)F)c1)C1CCC1. The van der Waals surface area contributed by atoms with Crippen LogP contribution in [-0.4, -0.2) is 26.1 Å². The van der Waals surface area contributed by atoms with Crippen molar-refractivity contribution in [2.45, 2.75) is 52.1 Å². The van der Waals surface area contributed by atoms with E-state index in [1.807, 2.05) is 51.1 Å². The molecule has 0 amide bonds. The van der Waals surface area contributed by atoms with Gasteiger partial charge in [-0.2, -0.15) is 23.1 Å². The zero-order chi connectivity index (χ0) is 25.8. The van der Waals surface area contributed by atoms with Crippen molar-refractivity contribution in [2.75, 3.05) is 0 Å². The topological polar surface area (TPSA) is 68.0 Å². The molecule has 35 heavy (non-hydrogen) atoms. The third-order valence-corrected chi connectivity index (χ3v) is 6.22. The molecule has 0 bridgehead atoms. The minimum atomic E-state index is -4.43. The number of carboxylic acids is 1. The molecule has 1 heterocycles. The van der Waals surface area contributed by atoms with E-state index in [2.05, 4.69) is 10.2 Å². The van der Waals surface area contributed by atoms with Crippen LogP contribution in [0.1, 0.15) is 60.2 Å². The van der Waals surface area contributed by atoms with Crippen molar-refractivity contribution in [1.29, 1.82) is 0 Å². The van der Waals surface area contributed by atoms with Crippen LogP contribution in [0.25, 0.3) is 11.8 Å². The molecule has 9 heteroatoms. The van der Waals surface area contributed by atoms with Crippen LogP contribution in [0.2, 0.25) is 5.02 Å². The summed E-state index contributed by atoms with van der Waals surface area (Å²) in [5.41, 5.74) is 3.26. The molecule has 5 nitrogen and oxygen atoms in total. The van der Waals surface area contributed by atoms with Gasteiger partial charge in [-0.25, -0.2) is 0 Å². The maximum absolute atomic E-state index is 12.6. The zero-order valence-electron chi connectivity index (χ0n) is 19.7. The van der Waals surface area contributed by atoms with Gasteiger partial charge in [0, 0.05) is 5.02 Å². The lowest BCUT2D eigenvalue weighted by Gasteiger charge is -2.31. The van der Waals surface area contributed by atoms with Gasteiger partial charge in [0.25, 0.3) is 0 Å². The van der Waals surface area contributed by atoms with Crippen molar-refractivity contribution in [3.8, 4) is 5.69 Å². The molecule has 0 radical (unpaired) electrons. The molecule has 0 spiro atoms. The molecule has 1 aliphatic carbocycles. The highest BCUT2D eigenvalue weighted by Crippen LogP contribution is 2.41. The molecule has 1 fully saturated rings. The fourth-order valence-electron chi connectivity index (χ4n) is 3.91. The summed E-state index contributed by atoms with van der Waals surface area (Å²) in [4.78, 5) is 12.8. The van der Waals surface area contributed by atoms with Crippen LogP contribution in [0.15, 0.2) is 48.5 Å². The van der Waals surface area contributed by atoms with E-state index < -0.39 is 23.6 Å². The summed E-state index contributed by atoms with van der Waals surface area (Å²) < 4.78 is 37.7. The summed E-state index contributed by atoms with van der Waals surface area (Å²) >= 11 is 5.99. The Bertz CT molecular complexity index is 1220. The Morgan fingerprint density at radius 3 is 2.46 bits per heavy atom. The third kappa shape index (κ3) is 6.51. The van der Waals surface area contributed by atoms with E-state index in [1.165, 1.54) is 12.1 Å². The Morgan fingerprint density at radius 1 is 1.17 bits per heavy atom. The fourth-order valence-corrected chi connectivity index (χ4v) is 4.07. The Morgan fingerprint density at radius 2 is 1.89 bits per heavy atom. The average Bonchev–Trinajstić information content (AvgIpc) is 3.12. The number of aromatic nitrogens is 3. The van der Waals surface area contributed by atoms with E-state index in [9.17, 15) is 23.1 Å². The van der Waals surface area contributed by atoms with E-state index >= 15 is 0 Å². The molecule has 1 unspecified atom stereocenters. The summed E-state index contributed by atoms with van der Waals surface area (Å²) in [6.45, 7) is 5.92. The first kappa shape index (κ1) is 26.5. The van der Waals surface area contributed by atoms with Crippen LogP contribution in [0.3, 0.4) is 0 Å². The molecule has 4 rings (SSSR count). The molecule has 0 aliphatic heterocycles. The lowest BCUT2D eigenvalue weighted by Crippen LogP contribution is -2.27. The molecule has 1 aromatic heterocycles. The monoisotopic (exact) mass is 505 g/mol. The lowest BCUT2D eigenvalue weighted by molar-refractivity contribution is -0.142. The molecular formula is C26H27ClF3N3O2. The van der Waals surface area contributed by atoms with E-state index in [1.54, 1.807) is 4.80 Å². The number of nitrogens with zero attached hydrogens (tertiary/aromatic N) is 3. The summed E-state index contributed by atoms with van der Waals surface area (Å²) in [7, 11) is 0. The number of carbonyl (C=O) groups is 1. The van der Waals surface area contributed by atoms with Crippen LogP contribution in [0.4, 0.5) is 13.2 Å². The number of aryl methyl sites for hydroxylation is 2. The van der Waals surface area contributed by atoms with Gasteiger partial charge in [-0.05, 0) is 74.9 Å². The number of halogens is 4. The molecule has 1 atom stereocenters. The number of allylic oxidation sites excluding steroid dienone is 1. The molecule has 0 saturated heterocycles. The Hall–Kier alpha value is -3.13. The second-order valence-electron chi connectivity index (χ2n) is 8.52. The van der Waals surface area contributed by atoms with E-state index in [0.717, 1.165) is 54.0 Å². The first-order valence-corrected chi connectivity index (χ1v) is 11.6. The largest absolute Gasteiger partial charge is 0.481 e. The average molecular weight is 506 g/mol. The molecule has 1 saturated carbocycles. The Balaban J connectivity index is 0.000000196. The van der Waals surface area contributed by atoms with Crippen LogP contribution in [0.5, 0.6) is 0 Å². The van der Waals surface area contributed by atoms with Crippen molar-refractivity contribution in [3.63, 3.8) is 0 Å². The predicted molar refractivity (Wildman–Crippen MR) is 130 cm³/mol. The van der Waals surface area contributed by atoms with E-state index in [4.69, 9.17) is 11.6 Å². The molecule has 1 N–H and O–H groups in total. The lowest BCUT2D eigenvalue weighted by atomic mass is 9.73. The van der Waals surface area contributed by atoms with Gasteiger partial charge in [0.1, 0.15) is 5.69 Å². The van der Waals surface area contributed by atoms with Crippen LogP contribution < -0.4 is 0 Å². The van der Waals surface area contributed by atoms with Gasteiger partial charge in [-0.15, -0.1) is 5.10 Å². The standard InChI is InChI=1S/C13H14ClN3.C13H13F3O2/c1-4-5-12-10(3)15-17(16-12)13-8-11(14)7-6-9(13)2;14-13(15,16)10-6-2-5-9(7-10)11(12(17)18)8-3-1-4-8/h4-8H,1-3H3;2,5-8,11H,1,3-4H2,(H,17,18)/b5-4-;. The van der Waals surface area contributed by atoms with Crippen LogP contribution >= 0.6 is 11.6 Å². The highest BCUT2D eigenvalue weighted by Gasteiger charge is 2.36. The Labute approximate surface area is 207 Å². The molecule has 1 aliphatic rings. The van der Waals surface area contributed by atoms with Crippen LogP contribution in [-0.2, 0) is 11.0 Å². The van der Waals surface area contributed by atoms with E-state index in [0.29, 0.717) is 5.02 Å². The summed E-state index contributed by atoms with van der Waals surface area (Å²) in [5.74, 6) is -1.90. The zero-order valence-corrected chi connectivity index (χ0v) is 20.4. The van der Waals surface area contributed by atoms with Crippen LogP contribution in [0, 0.1) is 19.8 Å². The Kier molecular flexibility index (Phi) is 8.38. The maximum Gasteiger partial charge on any atom is 0.416 e. The number of hydrogen-bond donors (Lipinski definition) is 1. The molecule has 3 aromatic rings. The number of benzene rings is 2. The van der Waals surface area contributed by atoms with Gasteiger partial charge < -0.3 is 5.11 Å². The second kappa shape index (κ2) is 11.1. The minimum absolute atomic E-state index is 0.0361. The molecular weight excluding hydrogens is 479 g/mol. The van der Waals surface area contributed by atoms with Gasteiger partial charge in [-0.3, -0.25) is 4.79 Å². The number of rotatable bonds is 5. The molecule has 186 valence electrons. The number of carboxylic acid groups (broad SMARTS) is 1. The summed E-state index contributed by atoms with van der Waals surface area (Å²) in [6, 6.07) is 10.4. The number of hydrogen-bond acceptors (Lipinski definition) is 3. The fraction of sp³-hybridized carbons (Fsp3) is 0.346. The first-order valence-electron chi connectivity index (χ1n) is 11.2. The van der Waals surface area contributed by atoms with Crippen molar-refractivity contribution in [2.24, 2.45) is 5.92 Å². The van der Waals surface area contributed by atoms with Gasteiger partial charge in [0.05, 0.1) is 22.9 Å². The predicted octanol–water partition coefficient (Wildman–Crippen LogP) is 7.24. The number of alkyl halides is 3. The van der Waals surface area contributed by atoms with E-state index in [-0.39, 0.29) is 11.5 Å². The normalized spacial score (nSPS) is 14.8. The van der Waals surface area contributed by atoms with Gasteiger partial charge in [0.15, 0.2) is 0 Å².